The summed E-state index contributed by atoms with van der Waals surface area (Å²) in [7, 11) is 0. The van der Waals surface area contributed by atoms with Gasteiger partial charge in [-0.2, -0.15) is 0 Å². The van der Waals surface area contributed by atoms with E-state index in [1.54, 1.807) is 23.1 Å². The Hall–Kier alpha value is -2.89. The van der Waals surface area contributed by atoms with E-state index < -0.39 is 16.9 Å². The van der Waals surface area contributed by atoms with E-state index in [0.29, 0.717) is 18.7 Å². The zero-order valence-corrected chi connectivity index (χ0v) is 11.8. The normalized spacial score (nSPS) is 16.9. The van der Waals surface area contributed by atoms with Crippen LogP contribution < -0.4 is 10.6 Å². The predicted molar refractivity (Wildman–Crippen MR) is 82.4 cm³/mol. The van der Waals surface area contributed by atoms with Crippen LogP contribution in [0.1, 0.15) is 11.1 Å². The summed E-state index contributed by atoms with van der Waals surface area (Å²) in [5.41, 5.74) is 8.04. The molecule has 0 saturated carbocycles. The highest BCUT2D eigenvalue weighted by Crippen LogP contribution is 2.34. The maximum Gasteiger partial charge on any atom is 0.292 e. The van der Waals surface area contributed by atoms with Crippen molar-refractivity contribution in [2.45, 2.75) is 19.0 Å². The average molecular weight is 297 g/mol. The van der Waals surface area contributed by atoms with Crippen LogP contribution in [0.3, 0.4) is 0 Å². The maximum absolute atomic E-state index is 11.8. The Morgan fingerprint density at radius 2 is 1.77 bits per heavy atom. The molecule has 1 atom stereocenters. The van der Waals surface area contributed by atoms with Gasteiger partial charge >= 0.3 is 0 Å². The number of benzene rings is 2. The summed E-state index contributed by atoms with van der Waals surface area (Å²) < 4.78 is 0. The fourth-order valence-electron chi connectivity index (χ4n) is 2.89. The number of primary amides is 1. The molecule has 3 rings (SSSR count). The number of para-hydroxylation sites is 2. The summed E-state index contributed by atoms with van der Waals surface area (Å²) in [5, 5.41) is 11.2. The van der Waals surface area contributed by atoms with Crippen LogP contribution >= 0.6 is 0 Å². The molecule has 0 bridgehead atoms. The number of amides is 1. The number of nitrogens with two attached hydrogens (primary N) is 1. The van der Waals surface area contributed by atoms with Gasteiger partial charge in [-0.15, -0.1) is 0 Å². The lowest BCUT2D eigenvalue weighted by molar-refractivity contribution is -0.384. The van der Waals surface area contributed by atoms with Crippen molar-refractivity contribution < 1.29 is 9.72 Å². The first-order valence-electron chi connectivity index (χ1n) is 6.94. The zero-order valence-electron chi connectivity index (χ0n) is 11.8. The molecule has 0 aliphatic carbocycles. The standard InChI is InChI=1S/C16H15N3O3/c17-16(20)15-9-11-5-1-2-6-12(11)10-18(15)13-7-3-4-8-14(13)19(21)22/h1-8,15H,9-10H2,(H2,17,20)/t15-/m0/s1. The highest BCUT2D eigenvalue weighted by molar-refractivity contribution is 5.86. The number of nitro benzene ring substituents is 1. The van der Waals surface area contributed by atoms with E-state index in [1.165, 1.54) is 6.07 Å². The van der Waals surface area contributed by atoms with Crippen LogP contribution in [0.5, 0.6) is 0 Å². The lowest BCUT2D eigenvalue weighted by Crippen LogP contribution is -2.48. The maximum atomic E-state index is 11.8. The first kappa shape index (κ1) is 14.1. The Morgan fingerprint density at radius 1 is 1.14 bits per heavy atom. The molecule has 0 unspecified atom stereocenters. The van der Waals surface area contributed by atoms with Crippen LogP contribution in [0.25, 0.3) is 0 Å². The molecule has 2 N–H and O–H groups in total. The zero-order chi connectivity index (χ0) is 15.7. The first-order valence-corrected chi connectivity index (χ1v) is 6.94. The minimum Gasteiger partial charge on any atom is -0.368 e. The van der Waals surface area contributed by atoms with Crippen molar-refractivity contribution in [1.82, 2.24) is 0 Å². The van der Waals surface area contributed by atoms with Gasteiger partial charge in [-0.05, 0) is 17.2 Å². The van der Waals surface area contributed by atoms with Gasteiger partial charge < -0.3 is 10.6 Å². The fourth-order valence-corrected chi connectivity index (χ4v) is 2.89. The molecule has 112 valence electrons. The highest BCUT2D eigenvalue weighted by atomic mass is 16.6. The van der Waals surface area contributed by atoms with E-state index in [1.807, 2.05) is 24.3 Å². The third kappa shape index (κ3) is 2.39. The topological polar surface area (TPSA) is 89.5 Å². The number of carbonyl (C=O) groups excluding carboxylic acids is 1. The van der Waals surface area contributed by atoms with Gasteiger partial charge in [0.2, 0.25) is 5.91 Å². The Morgan fingerprint density at radius 3 is 2.45 bits per heavy atom. The molecule has 22 heavy (non-hydrogen) atoms. The molecule has 0 fully saturated rings. The van der Waals surface area contributed by atoms with Gasteiger partial charge in [-0.1, -0.05) is 36.4 Å². The molecule has 1 aliphatic heterocycles. The second-order valence-corrected chi connectivity index (χ2v) is 5.26. The Kier molecular flexibility index (Phi) is 3.50. The number of carbonyl (C=O) groups is 1. The molecule has 1 amide bonds. The Balaban J connectivity index is 2.09. The molecule has 6 heteroatoms. The summed E-state index contributed by atoms with van der Waals surface area (Å²) in [6.07, 6.45) is 0.456. The van der Waals surface area contributed by atoms with Crippen LogP contribution in [-0.2, 0) is 17.8 Å². The molecule has 2 aromatic carbocycles. The molecule has 2 aromatic rings. The molecule has 1 heterocycles. The third-order valence-corrected chi connectivity index (χ3v) is 3.96. The smallest absolute Gasteiger partial charge is 0.292 e. The van der Waals surface area contributed by atoms with Crippen molar-refractivity contribution in [3.8, 4) is 0 Å². The van der Waals surface area contributed by atoms with E-state index in [2.05, 4.69) is 0 Å². The second kappa shape index (κ2) is 5.48. The Bertz CT molecular complexity index is 745. The fraction of sp³-hybridized carbons (Fsp3) is 0.188. The van der Waals surface area contributed by atoms with Crippen LogP contribution in [0.4, 0.5) is 11.4 Å². The average Bonchev–Trinajstić information content (AvgIpc) is 2.53. The number of hydrogen-bond acceptors (Lipinski definition) is 4. The minimum absolute atomic E-state index is 0.0202. The lowest BCUT2D eigenvalue weighted by Gasteiger charge is -2.36. The van der Waals surface area contributed by atoms with Crippen molar-refractivity contribution in [1.29, 1.82) is 0 Å². The number of nitrogens with zero attached hydrogens (tertiary/aromatic N) is 2. The van der Waals surface area contributed by atoms with Gasteiger partial charge in [0.15, 0.2) is 0 Å². The minimum atomic E-state index is -0.587. The second-order valence-electron chi connectivity index (χ2n) is 5.26. The molecular weight excluding hydrogens is 282 g/mol. The summed E-state index contributed by atoms with van der Waals surface area (Å²) in [6.45, 7) is 0.425. The van der Waals surface area contributed by atoms with Gasteiger partial charge in [-0.25, -0.2) is 0 Å². The molecule has 6 nitrogen and oxygen atoms in total. The molecule has 1 aliphatic rings. The van der Waals surface area contributed by atoms with Crippen LogP contribution in [0.2, 0.25) is 0 Å². The van der Waals surface area contributed by atoms with Crippen molar-refractivity contribution in [3.63, 3.8) is 0 Å². The van der Waals surface area contributed by atoms with Gasteiger partial charge in [0.1, 0.15) is 11.7 Å². The molecule has 0 radical (unpaired) electrons. The summed E-state index contributed by atoms with van der Waals surface area (Å²) in [6, 6.07) is 13.6. The summed E-state index contributed by atoms with van der Waals surface area (Å²) >= 11 is 0. The lowest BCUT2D eigenvalue weighted by atomic mass is 9.93. The van der Waals surface area contributed by atoms with Gasteiger partial charge in [0.05, 0.1) is 4.92 Å². The molecule has 0 saturated heterocycles. The first-order chi connectivity index (χ1) is 10.6. The number of rotatable bonds is 3. The Labute approximate surface area is 127 Å². The van der Waals surface area contributed by atoms with Crippen LogP contribution in [0, 0.1) is 10.1 Å². The third-order valence-electron chi connectivity index (χ3n) is 3.96. The van der Waals surface area contributed by atoms with Gasteiger partial charge in [0, 0.05) is 19.0 Å². The number of anilines is 1. The SMILES string of the molecule is NC(=O)[C@@H]1Cc2ccccc2CN1c1ccccc1[N+](=O)[O-]. The molecule has 0 aromatic heterocycles. The van der Waals surface area contributed by atoms with Crippen molar-refractivity contribution in [2.24, 2.45) is 5.73 Å². The predicted octanol–water partition coefficient (Wildman–Crippen LogP) is 2.01. The summed E-state index contributed by atoms with van der Waals surface area (Å²) in [5.74, 6) is -0.479. The van der Waals surface area contributed by atoms with Crippen LogP contribution in [0.15, 0.2) is 48.5 Å². The number of fused-ring (bicyclic) bond motifs is 1. The quantitative estimate of drug-likeness (QED) is 0.693. The monoisotopic (exact) mass is 297 g/mol. The van der Waals surface area contributed by atoms with E-state index in [9.17, 15) is 14.9 Å². The van der Waals surface area contributed by atoms with E-state index >= 15 is 0 Å². The van der Waals surface area contributed by atoms with Gasteiger partial charge in [-0.3, -0.25) is 14.9 Å². The van der Waals surface area contributed by atoms with E-state index in [0.717, 1.165) is 11.1 Å². The summed E-state index contributed by atoms with van der Waals surface area (Å²) in [4.78, 5) is 24.4. The van der Waals surface area contributed by atoms with Gasteiger partial charge in [0.25, 0.3) is 5.69 Å². The van der Waals surface area contributed by atoms with Crippen LogP contribution in [-0.4, -0.2) is 16.9 Å². The van der Waals surface area contributed by atoms with Crippen molar-refractivity contribution in [2.75, 3.05) is 4.90 Å². The highest BCUT2D eigenvalue weighted by Gasteiger charge is 2.33. The van der Waals surface area contributed by atoms with Crippen molar-refractivity contribution in [3.05, 3.63) is 69.8 Å². The largest absolute Gasteiger partial charge is 0.368 e. The van der Waals surface area contributed by atoms with E-state index in [-0.39, 0.29) is 5.69 Å². The number of nitro groups is 1. The molecular formula is C16H15N3O3. The number of hydrogen-bond donors (Lipinski definition) is 1. The van der Waals surface area contributed by atoms with Crippen molar-refractivity contribution >= 4 is 17.3 Å². The molecule has 0 spiro atoms. The van der Waals surface area contributed by atoms with E-state index in [4.69, 9.17) is 5.73 Å².